The summed E-state index contributed by atoms with van der Waals surface area (Å²) in [5, 5.41) is 2.72. The van der Waals surface area contributed by atoms with Crippen molar-refractivity contribution < 1.29 is 9.18 Å². The lowest BCUT2D eigenvalue weighted by Gasteiger charge is -2.20. The zero-order chi connectivity index (χ0) is 11.6. The fraction of sp³-hybridized carbons (Fsp3) is 0.417. The van der Waals surface area contributed by atoms with Gasteiger partial charge in [-0.25, -0.2) is 4.39 Å². The van der Waals surface area contributed by atoms with Crippen molar-refractivity contribution in [1.29, 1.82) is 0 Å². The monoisotopic (exact) mass is 209 g/mol. The Morgan fingerprint density at radius 1 is 1.33 bits per heavy atom. The Bertz CT molecular complexity index is 380. The summed E-state index contributed by atoms with van der Waals surface area (Å²) in [6.07, 6.45) is 0. The minimum atomic E-state index is -0.484. The van der Waals surface area contributed by atoms with Crippen LogP contribution in [-0.4, -0.2) is 11.4 Å². The first-order chi connectivity index (χ1) is 6.79. The fourth-order valence-corrected chi connectivity index (χ4v) is 1.22. The van der Waals surface area contributed by atoms with Crippen molar-refractivity contribution in [2.24, 2.45) is 0 Å². The van der Waals surface area contributed by atoms with Gasteiger partial charge in [-0.05, 0) is 39.8 Å². The summed E-state index contributed by atoms with van der Waals surface area (Å²) in [6.45, 7) is 7.41. The largest absolute Gasteiger partial charge is 0.347 e. The van der Waals surface area contributed by atoms with Crippen LogP contribution in [-0.2, 0) is 0 Å². The van der Waals surface area contributed by atoms with Crippen LogP contribution in [0, 0.1) is 12.7 Å². The third-order valence-corrected chi connectivity index (χ3v) is 1.86. The highest BCUT2D eigenvalue weighted by Crippen LogP contribution is 2.11. The predicted octanol–water partition coefficient (Wildman–Crippen LogP) is 2.66. The van der Waals surface area contributed by atoms with Crippen molar-refractivity contribution in [2.45, 2.75) is 33.2 Å². The topological polar surface area (TPSA) is 29.1 Å². The van der Waals surface area contributed by atoms with Gasteiger partial charge < -0.3 is 5.32 Å². The van der Waals surface area contributed by atoms with E-state index in [0.717, 1.165) is 5.56 Å². The van der Waals surface area contributed by atoms with Crippen LogP contribution >= 0.6 is 0 Å². The van der Waals surface area contributed by atoms with E-state index in [4.69, 9.17) is 0 Å². The number of hydrogen-bond donors (Lipinski definition) is 1. The summed E-state index contributed by atoms with van der Waals surface area (Å²) in [5.41, 5.74) is 0.619. The highest BCUT2D eigenvalue weighted by atomic mass is 19.1. The second-order valence-electron chi connectivity index (χ2n) is 4.69. The van der Waals surface area contributed by atoms with Gasteiger partial charge in [0.1, 0.15) is 5.82 Å². The minimum Gasteiger partial charge on any atom is -0.347 e. The Labute approximate surface area is 89.5 Å². The van der Waals surface area contributed by atoms with E-state index in [1.54, 1.807) is 12.1 Å². The maximum Gasteiger partial charge on any atom is 0.254 e. The fourth-order valence-electron chi connectivity index (χ4n) is 1.22. The molecule has 0 unspecified atom stereocenters. The van der Waals surface area contributed by atoms with Crippen LogP contribution in [0.1, 0.15) is 36.7 Å². The molecule has 0 fully saturated rings. The van der Waals surface area contributed by atoms with Crippen LogP contribution in [0.25, 0.3) is 0 Å². The molecule has 0 heterocycles. The Balaban J connectivity index is 2.96. The Kier molecular flexibility index (Phi) is 3.12. The lowest BCUT2D eigenvalue weighted by Crippen LogP contribution is -2.40. The van der Waals surface area contributed by atoms with Crippen LogP contribution in [0.5, 0.6) is 0 Å². The van der Waals surface area contributed by atoms with E-state index in [-0.39, 0.29) is 17.0 Å². The maximum absolute atomic E-state index is 13.3. The number of benzene rings is 1. The van der Waals surface area contributed by atoms with Crippen molar-refractivity contribution in [2.75, 3.05) is 0 Å². The van der Waals surface area contributed by atoms with Crippen molar-refractivity contribution in [3.05, 3.63) is 35.1 Å². The maximum atomic E-state index is 13.3. The van der Waals surface area contributed by atoms with Gasteiger partial charge in [-0.15, -0.1) is 0 Å². The highest BCUT2D eigenvalue weighted by Gasteiger charge is 2.17. The van der Waals surface area contributed by atoms with Crippen molar-refractivity contribution in [1.82, 2.24) is 5.32 Å². The molecule has 0 aliphatic heterocycles. The van der Waals surface area contributed by atoms with E-state index in [0.29, 0.717) is 0 Å². The Morgan fingerprint density at radius 3 is 2.47 bits per heavy atom. The summed E-state index contributed by atoms with van der Waals surface area (Å²) in [4.78, 5) is 11.7. The molecule has 1 aromatic rings. The molecule has 1 N–H and O–H groups in total. The number of nitrogens with one attached hydrogen (secondary N) is 1. The van der Waals surface area contributed by atoms with Gasteiger partial charge in [-0.3, -0.25) is 4.79 Å². The predicted molar refractivity (Wildman–Crippen MR) is 58.4 cm³/mol. The average molecular weight is 209 g/mol. The van der Waals surface area contributed by atoms with Crippen LogP contribution < -0.4 is 5.32 Å². The van der Waals surface area contributed by atoms with Gasteiger partial charge in [-0.1, -0.05) is 11.6 Å². The molecule has 0 saturated carbocycles. The molecular weight excluding hydrogens is 193 g/mol. The van der Waals surface area contributed by atoms with Gasteiger partial charge in [0.05, 0.1) is 5.56 Å². The first-order valence-electron chi connectivity index (χ1n) is 4.88. The summed E-state index contributed by atoms with van der Waals surface area (Å²) in [6, 6.07) is 4.51. The summed E-state index contributed by atoms with van der Waals surface area (Å²) in [5.74, 6) is -0.856. The van der Waals surface area contributed by atoms with E-state index in [1.807, 2.05) is 27.7 Å². The van der Waals surface area contributed by atoms with Crippen LogP contribution in [0.3, 0.4) is 0 Å². The van der Waals surface area contributed by atoms with Crippen LogP contribution in [0.4, 0.5) is 4.39 Å². The molecule has 0 radical (unpaired) electrons. The highest BCUT2D eigenvalue weighted by molar-refractivity contribution is 5.95. The van der Waals surface area contributed by atoms with Crippen molar-refractivity contribution in [3.8, 4) is 0 Å². The second kappa shape index (κ2) is 4.01. The molecule has 15 heavy (non-hydrogen) atoms. The average Bonchev–Trinajstić information content (AvgIpc) is 2.06. The zero-order valence-electron chi connectivity index (χ0n) is 9.52. The molecule has 1 aromatic carbocycles. The van der Waals surface area contributed by atoms with Gasteiger partial charge in [0, 0.05) is 5.54 Å². The van der Waals surface area contributed by atoms with E-state index in [2.05, 4.69) is 5.32 Å². The second-order valence-corrected chi connectivity index (χ2v) is 4.69. The number of amides is 1. The molecule has 1 amide bonds. The molecule has 0 saturated heterocycles. The summed E-state index contributed by atoms with van der Waals surface area (Å²) in [7, 11) is 0. The lowest BCUT2D eigenvalue weighted by atomic mass is 10.1. The molecule has 0 bridgehead atoms. The number of rotatable bonds is 1. The van der Waals surface area contributed by atoms with Gasteiger partial charge >= 0.3 is 0 Å². The minimum absolute atomic E-state index is 0.102. The molecule has 2 nitrogen and oxygen atoms in total. The molecule has 3 heteroatoms. The number of hydrogen-bond acceptors (Lipinski definition) is 1. The van der Waals surface area contributed by atoms with E-state index >= 15 is 0 Å². The first kappa shape index (κ1) is 11.7. The zero-order valence-corrected chi connectivity index (χ0v) is 9.52. The quantitative estimate of drug-likeness (QED) is 0.757. The first-order valence-corrected chi connectivity index (χ1v) is 4.88. The lowest BCUT2D eigenvalue weighted by molar-refractivity contribution is 0.0915. The smallest absolute Gasteiger partial charge is 0.254 e. The molecule has 0 aromatic heterocycles. The summed E-state index contributed by atoms with van der Waals surface area (Å²) >= 11 is 0. The Hall–Kier alpha value is -1.38. The van der Waals surface area contributed by atoms with Gasteiger partial charge in [0.25, 0.3) is 5.91 Å². The molecule has 0 aliphatic carbocycles. The summed E-state index contributed by atoms with van der Waals surface area (Å²) < 4.78 is 13.3. The molecule has 0 spiro atoms. The number of carbonyl (C=O) groups excluding carboxylic acids is 1. The standard InChI is InChI=1S/C12H16FNO/c1-8-5-6-10(13)9(7-8)11(15)14-12(2,3)4/h5-7H,1-4H3,(H,14,15). The molecule has 1 rings (SSSR count). The molecule has 82 valence electrons. The van der Waals surface area contributed by atoms with E-state index < -0.39 is 5.82 Å². The van der Waals surface area contributed by atoms with Crippen molar-refractivity contribution in [3.63, 3.8) is 0 Å². The normalized spacial score (nSPS) is 11.3. The van der Waals surface area contributed by atoms with E-state index in [1.165, 1.54) is 6.07 Å². The van der Waals surface area contributed by atoms with Crippen molar-refractivity contribution >= 4 is 5.91 Å². The third-order valence-electron chi connectivity index (χ3n) is 1.86. The number of aryl methyl sites for hydroxylation is 1. The van der Waals surface area contributed by atoms with Gasteiger partial charge in [-0.2, -0.15) is 0 Å². The van der Waals surface area contributed by atoms with Crippen LogP contribution in [0.2, 0.25) is 0 Å². The third kappa shape index (κ3) is 3.35. The Morgan fingerprint density at radius 2 is 1.93 bits per heavy atom. The SMILES string of the molecule is Cc1ccc(F)c(C(=O)NC(C)(C)C)c1. The number of carbonyl (C=O) groups is 1. The van der Waals surface area contributed by atoms with Crippen LogP contribution in [0.15, 0.2) is 18.2 Å². The molecule has 0 atom stereocenters. The van der Waals surface area contributed by atoms with E-state index in [9.17, 15) is 9.18 Å². The van der Waals surface area contributed by atoms with Gasteiger partial charge in [0.15, 0.2) is 0 Å². The molecule has 0 aliphatic rings. The number of halogens is 1. The van der Waals surface area contributed by atoms with Gasteiger partial charge in [0.2, 0.25) is 0 Å². The molecular formula is C12H16FNO.